The van der Waals surface area contributed by atoms with Gasteiger partial charge in [0.25, 0.3) is 6.43 Å². The molecule has 5 aromatic heterocycles. The van der Waals surface area contributed by atoms with Gasteiger partial charge in [0.05, 0.1) is 38.0 Å². The van der Waals surface area contributed by atoms with E-state index in [4.69, 9.17) is 11.0 Å². The van der Waals surface area contributed by atoms with Crippen LogP contribution in [0.5, 0.6) is 0 Å². The fourth-order valence-corrected chi connectivity index (χ4v) is 12.2. The molecule has 504 valence electrons. The number of hydrogen-bond acceptors (Lipinski definition) is 13. The van der Waals surface area contributed by atoms with Crippen molar-refractivity contribution in [3.63, 3.8) is 0 Å². The van der Waals surface area contributed by atoms with E-state index in [-0.39, 0.29) is 17.3 Å². The summed E-state index contributed by atoms with van der Waals surface area (Å²) in [6.45, 7) is 4.06. The molecular weight excluding hydrogens is 1350 g/mol. The summed E-state index contributed by atoms with van der Waals surface area (Å²) in [5, 5.41) is 9.52. The van der Waals surface area contributed by atoms with E-state index in [2.05, 4.69) is 77.3 Å². The Morgan fingerprint density at radius 2 is 0.979 bits per heavy atom. The molecule has 12 rings (SSSR count). The largest absolute Gasteiger partial charge is 0.434 e. The Labute approximate surface area is 559 Å². The van der Waals surface area contributed by atoms with Crippen LogP contribution in [0.3, 0.4) is 0 Å². The number of alkyl halides is 8. The fraction of sp³-hybridized carbons (Fsp3) is 0.145. The minimum Gasteiger partial charge on any atom is -0.299 e. The van der Waals surface area contributed by atoms with E-state index >= 15 is 0 Å². The van der Waals surface area contributed by atoms with Crippen LogP contribution in [-0.4, -0.2) is 79.9 Å². The first kappa shape index (κ1) is 71.9. The molecule has 97 heavy (non-hydrogen) atoms. The highest BCUT2D eigenvalue weighted by atomic mass is 32.2. The Morgan fingerprint density at radius 1 is 0.557 bits per heavy atom. The van der Waals surface area contributed by atoms with E-state index in [9.17, 15) is 52.0 Å². The molecule has 6 aromatic carbocycles. The number of halogens is 8. The fourth-order valence-electron chi connectivity index (χ4n) is 9.93. The monoisotopic (exact) mass is 1410 g/mol. The molecule has 11 aromatic rings. The Morgan fingerprint density at radius 3 is 1.37 bits per heavy atom. The first-order chi connectivity index (χ1) is 45.8. The second kappa shape index (κ2) is 30.4. The van der Waals surface area contributed by atoms with Gasteiger partial charge in [-0.2, -0.15) is 37.3 Å². The van der Waals surface area contributed by atoms with Crippen molar-refractivity contribution >= 4 is 64.0 Å². The second-order valence-corrected chi connectivity index (χ2v) is 29.3. The van der Waals surface area contributed by atoms with E-state index in [1.165, 1.54) is 104 Å². The van der Waals surface area contributed by atoms with Crippen molar-refractivity contribution in [2.75, 3.05) is 12.5 Å². The van der Waals surface area contributed by atoms with Gasteiger partial charge in [0, 0.05) is 92.4 Å². The third kappa shape index (κ3) is 18.6. The molecule has 1 aliphatic rings. The lowest BCUT2D eigenvalue weighted by molar-refractivity contribution is -0.195. The molecule has 28 heteroatoms. The van der Waals surface area contributed by atoms with Gasteiger partial charge in [-0.25, -0.2) is 36.1 Å². The van der Waals surface area contributed by atoms with Crippen LogP contribution >= 0.6 is 12.0 Å². The first-order valence-electron chi connectivity index (χ1n) is 29.0. The van der Waals surface area contributed by atoms with E-state index in [0.717, 1.165) is 65.3 Å². The van der Waals surface area contributed by atoms with Crippen LogP contribution in [0.4, 0.5) is 35.1 Å². The van der Waals surface area contributed by atoms with Crippen molar-refractivity contribution in [1.82, 2.24) is 38.9 Å². The molecule has 0 aliphatic heterocycles. The van der Waals surface area contributed by atoms with Gasteiger partial charge < -0.3 is 0 Å². The lowest BCUT2D eigenvalue weighted by Crippen LogP contribution is -2.11. The van der Waals surface area contributed by atoms with E-state index < -0.39 is 59.2 Å². The van der Waals surface area contributed by atoms with Crippen molar-refractivity contribution < 1.29 is 61.3 Å². The van der Waals surface area contributed by atoms with Crippen LogP contribution in [0.2, 0.25) is 0 Å². The summed E-state index contributed by atoms with van der Waals surface area (Å²) in [7, 11) is -8.42. The quantitative estimate of drug-likeness (QED) is 0.0321. The molecule has 0 bridgehead atoms. The number of nitrogens with two attached hydrogens (primary N) is 2. The Bertz CT molecular complexity index is 4720. The molecule has 0 saturated heterocycles. The topological polar surface area (TPSA) is 218 Å². The average Bonchev–Trinajstić information content (AvgIpc) is 1.71. The Hall–Kier alpha value is -9.39. The van der Waals surface area contributed by atoms with E-state index in [1.807, 2.05) is 43.3 Å². The summed E-state index contributed by atoms with van der Waals surface area (Å²) >= 11 is 0.940. The highest BCUT2D eigenvalue weighted by Crippen LogP contribution is 2.41. The Balaban J connectivity index is 0.000000152. The van der Waals surface area contributed by atoms with E-state index in [1.54, 1.807) is 84.9 Å². The highest BCUT2D eigenvalue weighted by Gasteiger charge is 2.36. The number of imidazole rings is 2. The second-order valence-electron chi connectivity index (χ2n) is 22.1. The molecule has 0 spiro atoms. The standard InChI is InChI=1S/C19H20O2S.C17H14F3N3OS.C17H15F2N3O2S.C16H13F3N4OS/c1-14-6-8-15(9-7-14)18-4-3-5-19(18)16-10-12-17(13-11-16)22(2,20)21;1-25(2,24)14-7-5-13(6-8-14)23-11-15(17(18,19)20)22-16(23)12-4-3-9-21-10-12;1-11-2-4-12(5-3-11)16-10-15(17(18)19)21-22(16)13-6-8-14(9-7-13)25-24-23-20;1-25(20,24)13-6-4-12(5-7-13)23-10-14(16(17,18)19)22-15(23)11-3-2-8-21-9-11/h6-13H,3-5H2,1-2H3;3-11H,1H2,2H3;2-10,17H,20H2,1H3;2-10H,1H2,(H2,20,24). The lowest BCUT2D eigenvalue weighted by Gasteiger charge is -2.09. The van der Waals surface area contributed by atoms with Gasteiger partial charge in [0.15, 0.2) is 21.2 Å². The molecule has 1 aliphatic carbocycles. The summed E-state index contributed by atoms with van der Waals surface area (Å²) in [4.78, 5) is 21.3. The summed E-state index contributed by atoms with van der Waals surface area (Å²) in [5.41, 5.74) is 9.07. The maximum absolute atomic E-state index is 13.1. The molecule has 0 amide bonds. The van der Waals surface area contributed by atoms with Crippen LogP contribution in [0, 0.1) is 13.8 Å². The zero-order valence-electron chi connectivity index (χ0n) is 52.2. The van der Waals surface area contributed by atoms with Crippen LogP contribution in [0.25, 0.3) is 62.2 Å². The Kier molecular flexibility index (Phi) is 22.5. The predicted molar refractivity (Wildman–Crippen MR) is 363 cm³/mol. The van der Waals surface area contributed by atoms with E-state index in [0.29, 0.717) is 48.6 Å². The predicted octanol–water partition coefficient (Wildman–Crippen LogP) is 15.7. The van der Waals surface area contributed by atoms with Crippen molar-refractivity contribution in [3.05, 3.63) is 252 Å². The number of allylic oxidation sites excluding steroid dienone is 2. The van der Waals surface area contributed by atoms with Crippen LogP contribution < -0.4 is 11.0 Å². The van der Waals surface area contributed by atoms with Crippen LogP contribution in [0.15, 0.2) is 233 Å². The molecular formula is C69H62F8N10O6S4. The van der Waals surface area contributed by atoms with Crippen molar-refractivity contribution in [2.24, 2.45) is 11.0 Å². The molecule has 0 fully saturated rings. The average molecular weight is 1410 g/mol. The summed E-state index contributed by atoms with van der Waals surface area (Å²) in [5.74, 6) is 12.0. The number of aromatic nitrogens is 8. The summed E-state index contributed by atoms with van der Waals surface area (Å²) in [6.07, 6.45) is 2.02. The lowest BCUT2D eigenvalue weighted by atomic mass is 9.96. The van der Waals surface area contributed by atoms with Gasteiger partial charge in [-0.05, 0) is 192 Å². The third-order valence-electron chi connectivity index (χ3n) is 14.8. The molecule has 2 atom stereocenters. The van der Waals surface area contributed by atoms with Crippen LogP contribution in [0.1, 0.15) is 65.0 Å². The van der Waals surface area contributed by atoms with Crippen LogP contribution in [-0.2, 0) is 50.7 Å². The molecule has 16 nitrogen and oxygen atoms in total. The number of rotatable bonds is 15. The normalized spacial score (nSPS) is 13.7. The number of nitrogens with zero attached hydrogens (tertiary/aromatic N) is 8. The van der Waals surface area contributed by atoms with Gasteiger partial charge in [0.2, 0.25) is 0 Å². The zero-order valence-corrected chi connectivity index (χ0v) is 55.4. The smallest absolute Gasteiger partial charge is 0.299 e. The van der Waals surface area contributed by atoms with Crippen molar-refractivity contribution in [2.45, 2.75) is 71.5 Å². The number of aryl methyl sites for hydroxylation is 2. The maximum atomic E-state index is 13.1. The molecule has 0 radical (unpaired) electrons. The number of pyridine rings is 2. The van der Waals surface area contributed by atoms with Gasteiger partial charge in [0.1, 0.15) is 17.3 Å². The maximum Gasteiger partial charge on any atom is 0.434 e. The number of benzene rings is 6. The molecule has 5 heterocycles. The number of sulfone groups is 1. The number of hydrogen-bond donors (Lipinski definition) is 2. The van der Waals surface area contributed by atoms with Gasteiger partial charge >= 0.3 is 12.4 Å². The third-order valence-corrected chi connectivity index (χ3v) is 18.8. The molecule has 0 saturated carbocycles. The van der Waals surface area contributed by atoms with Crippen molar-refractivity contribution in [1.29, 1.82) is 0 Å². The minimum absolute atomic E-state index is 0.0938. The van der Waals surface area contributed by atoms with Gasteiger partial charge in [-0.3, -0.25) is 28.5 Å². The molecule has 4 N–H and O–H groups in total. The molecule has 2 unspecified atom stereocenters. The van der Waals surface area contributed by atoms with Crippen molar-refractivity contribution in [3.8, 4) is 51.1 Å². The zero-order chi connectivity index (χ0) is 70.0. The minimum atomic E-state index is -4.58. The summed E-state index contributed by atoms with van der Waals surface area (Å²) in [6, 6.07) is 50.8. The first-order valence-corrected chi connectivity index (χ1v) is 35.6. The highest BCUT2D eigenvalue weighted by molar-refractivity contribution is 7.99. The SMILES string of the molecule is C=S(C)(=O)c1ccc(-n2cc(C(F)(F)F)nc2-c2cccnc2)cc1.C=S(N)(=O)c1ccc(-n2cc(C(F)(F)F)nc2-c2cccnc2)cc1.Cc1ccc(-c2cc(C(F)F)nn2-c2ccc(SOON)cc2)cc1.Cc1ccc(C2=C(c3ccc(S(C)(=O)=O)cc3)CCC2)cc1. The summed E-state index contributed by atoms with van der Waals surface area (Å²) < 4.78 is 160. The van der Waals surface area contributed by atoms with Gasteiger partial charge in [-0.15, -0.1) is 9.32 Å². The van der Waals surface area contributed by atoms with Gasteiger partial charge in [-0.1, -0.05) is 71.8 Å².